The Morgan fingerprint density at radius 2 is 2.07 bits per heavy atom. The molecule has 2 rings (SSSR count). The Morgan fingerprint density at radius 1 is 1.40 bits per heavy atom. The second-order valence-corrected chi connectivity index (χ2v) is 3.91. The first-order valence-corrected chi connectivity index (χ1v) is 5.03. The lowest BCUT2D eigenvalue weighted by molar-refractivity contribution is -0.139. The SMILES string of the molecule is C[C@@H]1CC(c2ccccc2)=N[C@@H]1C(=O)O. The molecule has 1 heterocycles. The Kier molecular flexibility index (Phi) is 2.54. The molecule has 3 nitrogen and oxygen atoms in total. The number of benzene rings is 1. The van der Waals surface area contributed by atoms with Gasteiger partial charge in [0, 0.05) is 5.71 Å². The molecule has 1 aromatic rings. The van der Waals surface area contributed by atoms with Gasteiger partial charge in [0.1, 0.15) is 0 Å². The van der Waals surface area contributed by atoms with Crippen LogP contribution in [0.2, 0.25) is 0 Å². The molecule has 0 amide bonds. The second-order valence-electron chi connectivity index (χ2n) is 3.91. The van der Waals surface area contributed by atoms with Gasteiger partial charge in [-0.3, -0.25) is 4.99 Å². The Balaban J connectivity index is 2.27. The van der Waals surface area contributed by atoms with Gasteiger partial charge >= 0.3 is 5.97 Å². The monoisotopic (exact) mass is 203 g/mol. The highest BCUT2D eigenvalue weighted by molar-refractivity contribution is 6.03. The zero-order valence-corrected chi connectivity index (χ0v) is 8.55. The highest BCUT2D eigenvalue weighted by Crippen LogP contribution is 2.24. The summed E-state index contributed by atoms with van der Waals surface area (Å²) < 4.78 is 0. The number of hydrogen-bond donors (Lipinski definition) is 1. The van der Waals surface area contributed by atoms with Crippen LogP contribution in [0, 0.1) is 5.92 Å². The van der Waals surface area contributed by atoms with Crippen molar-refractivity contribution < 1.29 is 9.90 Å². The van der Waals surface area contributed by atoms with Crippen molar-refractivity contribution in [2.45, 2.75) is 19.4 Å². The average molecular weight is 203 g/mol. The normalized spacial score (nSPS) is 25.0. The van der Waals surface area contributed by atoms with Gasteiger partial charge in [-0.05, 0) is 17.9 Å². The first kappa shape index (κ1) is 9.90. The first-order valence-electron chi connectivity index (χ1n) is 5.03. The number of aliphatic carboxylic acids is 1. The van der Waals surface area contributed by atoms with Gasteiger partial charge in [-0.1, -0.05) is 37.3 Å². The minimum Gasteiger partial charge on any atom is -0.480 e. The molecule has 0 aliphatic carbocycles. The molecule has 0 spiro atoms. The van der Waals surface area contributed by atoms with Gasteiger partial charge in [0.25, 0.3) is 0 Å². The van der Waals surface area contributed by atoms with Crippen LogP contribution in [-0.4, -0.2) is 22.8 Å². The van der Waals surface area contributed by atoms with E-state index >= 15 is 0 Å². The third kappa shape index (κ3) is 1.91. The van der Waals surface area contributed by atoms with Crippen LogP contribution in [-0.2, 0) is 4.79 Å². The van der Waals surface area contributed by atoms with Crippen LogP contribution >= 0.6 is 0 Å². The van der Waals surface area contributed by atoms with Crippen LogP contribution in [0.1, 0.15) is 18.9 Å². The zero-order valence-electron chi connectivity index (χ0n) is 8.55. The molecule has 3 heteroatoms. The van der Waals surface area contributed by atoms with Gasteiger partial charge in [0.05, 0.1) is 0 Å². The Labute approximate surface area is 88.5 Å². The van der Waals surface area contributed by atoms with Crippen LogP contribution in [0.15, 0.2) is 35.3 Å². The predicted octanol–water partition coefficient (Wildman–Crippen LogP) is 1.97. The molecule has 0 bridgehead atoms. The predicted molar refractivity (Wildman–Crippen MR) is 58.2 cm³/mol. The van der Waals surface area contributed by atoms with Crippen LogP contribution in [0.5, 0.6) is 0 Å². The Hall–Kier alpha value is -1.64. The number of hydrogen-bond acceptors (Lipinski definition) is 2. The fourth-order valence-corrected chi connectivity index (χ4v) is 1.89. The number of carboxylic acids is 1. The maximum absolute atomic E-state index is 10.9. The molecule has 15 heavy (non-hydrogen) atoms. The third-order valence-electron chi connectivity index (χ3n) is 2.71. The lowest BCUT2D eigenvalue weighted by Crippen LogP contribution is -2.21. The van der Waals surface area contributed by atoms with Crippen molar-refractivity contribution in [3.8, 4) is 0 Å². The largest absolute Gasteiger partial charge is 0.480 e. The van der Waals surface area contributed by atoms with Gasteiger partial charge in [-0.25, -0.2) is 4.79 Å². The summed E-state index contributed by atoms with van der Waals surface area (Å²) in [5.74, 6) is -0.730. The summed E-state index contributed by atoms with van der Waals surface area (Å²) in [6.45, 7) is 1.93. The summed E-state index contributed by atoms with van der Waals surface area (Å²) in [7, 11) is 0. The summed E-state index contributed by atoms with van der Waals surface area (Å²) in [6, 6.07) is 9.19. The van der Waals surface area contributed by atoms with E-state index in [2.05, 4.69) is 4.99 Å². The molecule has 78 valence electrons. The second kappa shape index (κ2) is 3.85. The van der Waals surface area contributed by atoms with E-state index in [0.29, 0.717) is 0 Å². The summed E-state index contributed by atoms with van der Waals surface area (Å²) in [4.78, 5) is 15.1. The van der Waals surface area contributed by atoms with Gasteiger partial charge in [0.15, 0.2) is 6.04 Å². The van der Waals surface area contributed by atoms with Crippen molar-refractivity contribution in [2.24, 2.45) is 10.9 Å². The maximum atomic E-state index is 10.9. The molecule has 0 aromatic heterocycles. The standard InChI is InChI=1S/C12H13NO2/c1-8-7-10(13-11(8)12(14)15)9-5-3-2-4-6-9/h2-6,8,11H,7H2,1H3,(H,14,15)/t8-,11+/m1/s1. The summed E-state index contributed by atoms with van der Waals surface area (Å²) in [6.07, 6.45) is 0.751. The van der Waals surface area contributed by atoms with Gasteiger partial charge < -0.3 is 5.11 Å². The van der Waals surface area contributed by atoms with Crippen LogP contribution < -0.4 is 0 Å². The molecular weight excluding hydrogens is 190 g/mol. The lowest BCUT2D eigenvalue weighted by atomic mass is 9.98. The van der Waals surface area contributed by atoms with Crippen LogP contribution in [0.4, 0.5) is 0 Å². The molecule has 0 unspecified atom stereocenters. The molecular formula is C12H13NO2. The van der Waals surface area contributed by atoms with E-state index < -0.39 is 12.0 Å². The van der Waals surface area contributed by atoms with Crippen molar-refractivity contribution in [3.05, 3.63) is 35.9 Å². The van der Waals surface area contributed by atoms with Crippen molar-refractivity contribution in [1.82, 2.24) is 0 Å². The van der Waals surface area contributed by atoms with E-state index in [9.17, 15) is 4.79 Å². The third-order valence-corrected chi connectivity index (χ3v) is 2.71. The fourth-order valence-electron chi connectivity index (χ4n) is 1.89. The highest BCUT2D eigenvalue weighted by Gasteiger charge is 2.31. The van der Waals surface area contributed by atoms with Gasteiger partial charge in [-0.15, -0.1) is 0 Å². The Bertz CT molecular complexity index is 397. The molecule has 1 N–H and O–H groups in total. The van der Waals surface area contributed by atoms with E-state index in [1.54, 1.807) is 0 Å². The molecule has 1 aliphatic rings. The minimum absolute atomic E-state index is 0.0951. The number of carbonyl (C=O) groups is 1. The van der Waals surface area contributed by atoms with Crippen molar-refractivity contribution in [1.29, 1.82) is 0 Å². The van der Waals surface area contributed by atoms with Gasteiger partial charge in [-0.2, -0.15) is 0 Å². The van der Waals surface area contributed by atoms with E-state index in [1.165, 1.54) is 0 Å². The topological polar surface area (TPSA) is 49.7 Å². The van der Waals surface area contributed by atoms with Gasteiger partial charge in [0.2, 0.25) is 0 Å². The van der Waals surface area contributed by atoms with E-state index in [4.69, 9.17) is 5.11 Å². The maximum Gasteiger partial charge on any atom is 0.328 e. The number of aliphatic imine (C=N–C) groups is 1. The quantitative estimate of drug-likeness (QED) is 0.798. The smallest absolute Gasteiger partial charge is 0.328 e. The van der Waals surface area contributed by atoms with Crippen molar-refractivity contribution in [3.63, 3.8) is 0 Å². The molecule has 1 aromatic carbocycles. The molecule has 0 radical (unpaired) electrons. The van der Waals surface area contributed by atoms with Crippen molar-refractivity contribution in [2.75, 3.05) is 0 Å². The molecule has 0 saturated heterocycles. The number of carboxylic acid groups (broad SMARTS) is 1. The minimum atomic E-state index is -0.826. The fraction of sp³-hybridized carbons (Fsp3) is 0.333. The molecule has 1 aliphatic heterocycles. The number of rotatable bonds is 2. The Morgan fingerprint density at radius 3 is 2.60 bits per heavy atom. The average Bonchev–Trinajstić information content (AvgIpc) is 2.62. The number of nitrogens with zero attached hydrogens (tertiary/aromatic N) is 1. The summed E-state index contributed by atoms with van der Waals surface area (Å²) in [5.41, 5.74) is 1.95. The van der Waals surface area contributed by atoms with E-state index in [-0.39, 0.29) is 5.92 Å². The molecule has 0 saturated carbocycles. The molecule has 0 fully saturated rings. The van der Waals surface area contributed by atoms with Crippen molar-refractivity contribution >= 4 is 11.7 Å². The summed E-state index contributed by atoms with van der Waals surface area (Å²) >= 11 is 0. The summed E-state index contributed by atoms with van der Waals surface area (Å²) in [5, 5.41) is 8.94. The van der Waals surface area contributed by atoms with E-state index in [1.807, 2.05) is 37.3 Å². The van der Waals surface area contributed by atoms with Crippen LogP contribution in [0.25, 0.3) is 0 Å². The zero-order chi connectivity index (χ0) is 10.8. The van der Waals surface area contributed by atoms with E-state index in [0.717, 1.165) is 17.7 Å². The first-order chi connectivity index (χ1) is 7.18. The lowest BCUT2D eigenvalue weighted by Gasteiger charge is -2.05. The molecule has 2 atom stereocenters. The van der Waals surface area contributed by atoms with Crippen LogP contribution in [0.3, 0.4) is 0 Å². The highest BCUT2D eigenvalue weighted by atomic mass is 16.4.